The van der Waals surface area contributed by atoms with E-state index in [9.17, 15) is 27.9 Å². The lowest BCUT2D eigenvalue weighted by molar-refractivity contribution is -0.141. The summed E-state index contributed by atoms with van der Waals surface area (Å²) < 4.78 is 43.0. The van der Waals surface area contributed by atoms with Gasteiger partial charge in [-0.25, -0.2) is 15.2 Å². The van der Waals surface area contributed by atoms with E-state index in [4.69, 9.17) is 4.74 Å². The second-order valence-electron chi connectivity index (χ2n) is 5.02. The molecule has 0 radical (unpaired) electrons. The number of aromatic nitrogens is 1. The van der Waals surface area contributed by atoms with Gasteiger partial charge >= 0.3 is 12.1 Å². The Morgan fingerprint density at radius 1 is 1.38 bits per heavy atom. The first-order valence-electron chi connectivity index (χ1n) is 6.75. The first-order chi connectivity index (χ1) is 11.1. The molecule has 10 heteroatoms. The molecule has 0 unspecified atom stereocenters. The lowest BCUT2D eigenvalue weighted by Crippen LogP contribution is -2.28. The molecule has 132 valence electrons. The summed E-state index contributed by atoms with van der Waals surface area (Å²) >= 11 is 0. The topological polar surface area (TPSA) is 101 Å². The van der Waals surface area contributed by atoms with Gasteiger partial charge in [-0.2, -0.15) is 18.3 Å². The van der Waals surface area contributed by atoms with Gasteiger partial charge in [0.25, 0.3) is 0 Å². The summed E-state index contributed by atoms with van der Waals surface area (Å²) in [6, 6.07) is 1.57. The molecule has 1 heterocycles. The van der Waals surface area contributed by atoms with Gasteiger partial charge in [-0.3, -0.25) is 4.79 Å². The largest absolute Gasteiger partial charge is 0.476 e. The van der Waals surface area contributed by atoms with Crippen molar-refractivity contribution < 1.29 is 32.6 Å². The van der Waals surface area contributed by atoms with Crippen LogP contribution in [0.25, 0.3) is 0 Å². The van der Waals surface area contributed by atoms with Crippen molar-refractivity contribution in [2.75, 3.05) is 7.11 Å². The SMILES string of the molecule is COCc1nc(C(F)(F)F)ccc1C(=NNC(=O)C(C)C)C(=O)O. The van der Waals surface area contributed by atoms with Crippen LogP contribution in [0.15, 0.2) is 17.2 Å². The zero-order valence-corrected chi connectivity index (χ0v) is 13.1. The molecule has 0 aromatic carbocycles. The maximum absolute atomic E-state index is 12.7. The second-order valence-corrected chi connectivity index (χ2v) is 5.02. The number of halogens is 3. The number of methoxy groups -OCH3 is 1. The van der Waals surface area contributed by atoms with Crippen LogP contribution < -0.4 is 5.43 Å². The molecule has 1 aromatic rings. The van der Waals surface area contributed by atoms with E-state index in [1.807, 2.05) is 0 Å². The number of nitrogens with one attached hydrogen (secondary N) is 1. The molecule has 1 aromatic heterocycles. The normalized spacial score (nSPS) is 12.4. The zero-order chi connectivity index (χ0) is 18.5. The molecular formula is C14H16F3N3O4. The second kappa shape index (κ2) is 7.86. The zero-order valence-electron chi connectivity index (χ0n) is 13.1. The van der Waals surface area contributed by atoms with Crippen molar-refractivity contribution in [2.45, 2.75) is 26.6 Å². The van der Waals surface area contributed by atoms with Crippen LogP contribution in [0.1, 0.15) is 30.8 Å². The minimum Gasteiger partial charge on any atom is -0.476 e. The molecule has 24 heavy (non-hydrogen) atoms. The highest BCUT2D eigenvalue weighted by molar-refractivity contribution is 6.42. The molecule has 0 spiro atoms. The minimum atomic E-state index is -4.69. The summed E-state index contributed by atoms with van der Waals surface area (Å²) in [6.07, 6.45) is -4.69. The predicted octanol–water partition coefficient (Wildman–Crippen LogP) is 1.81. The maximum atomic E-state index is 12.7. The first-order valence-corrected chi connectivity index (χ1v) is 6.75. The molecule has 1 amide bonds. The van der Waals surface area contributed by atoms with Crippen LogP contribution in [-0.2, 0) is 27.1 Å². The van der Waals surface area contributed by atoms with Crippen molar-refractivity contribution in [3.05, 3.63) is 29.1 Å². The van der Waals surface area contributed by atoms with Crippen molar-refractivity contribution in [1.29, 1.82) is 0 Å². The Kier molecular flexibility index (Phi) is 6.41. The van der Waals surface area contributed by atoms with E-state index in [-0.39, 0.29) is 17.9 Å². The van der Waals surface area contributed by atoms with Crippen molar-refractivity contribution in [3.63, 3.8) is 0 Å². The van der Waals surface area contributed by atoms with Crippen LogP contribution in [0.3, 0.4) is 0 Å². The fourth-order valence-electron chi connectivity index (χ4n) is 1.58. The van der Waals surface area contributed by atoms with Crippen LogP contribution in [0.2, 0.25) is 0 Å². The van der Waals surface area contributed by atoms with Gasteiger partial charge < -0.3 is 9.84 Å². The van der Waals surface area contributed by atoms with Gasteiger partial charge in [0.15, 0.2) is 5.71 Å². The van der Waals surface area contributed by atoms with Crippen molar-refractivity contribution >= 4 is 17.6 Å². The summed E-state index contributed by atoms with van der Waals surface area (Å²) in [5.41, 5.74) is -0.210. The number of aliphatic carboxylic acids is 1. The van der Waals surface area contributed by atoms with E-state index in [1.54, 1.807) is 13.8 Å². The van der Waals surface area contributed by atoms with Crippen molar-refractivity contribution in [1.82, 2.24) is 10.4 Å². The van der Waals surface area contributed by atoms with E-state index < -0.39 is 35.4 Å². The van der Waals surface area contributed by atoms with Crippen LogP contribution in [-0.4, -0.2) is 34.8 Å². The number of carboxylic acid groups (broad SMARTS) is 1. The van der Waals surface area contributed by atoms with Crippen LogP contribution in [0, 0.1) is 5.92 Å². The monoisotopic (exact) mass is 347 g/mol. The minimum absolute atomic E-state index is 0.179. The third-order valence-corrected chi connectivity index (χ3v) is 2.81. The number of hydrazone groups is 1. The first kappa shape index (κ1) is 19.6. The Bertz CT molecular complexity index is 657. The van der Waals surface area contributed by atoms with Crippen LogP contribution in [0.5, 0.6) is 0 Å². The summed E-state index contributed by atoms with van der Waals surface area (Å²) in [4.78, 5) is 26.2. The summed E-state index contributed by atoms with van der Waals surface area (Å²) in [6.45, 7) is 2.78. The fraction of sp³-hybridized carbons (Fsp3) is 0.429. The van der Waals surface area contributed by atoms with Crippen LogP contribution in [0.4, 0.5) is 13.2 Å². The third-order valence-electron chi connectivity index (χ3n) is 2.81. The Morgan fingerprint density at radius 2 is 2.00 bits per heavy atom. The van der Waals surface area contributed by atoms with Gasteiger partial charge in [0.1, 0.15) is 5.69 Å². The molecule has 1 rings (SSSR count). The van der Waals surface area contributed by atoms with E-state index in [0.29, 0.717) is 6.07 Å². The van der Waals surface area contributed by atoms with Gasteiger partial charge in [-0.15, -0.1) is 0 Å². The Balaban J connectivity index is 3.35. The summed E-state index contributed by atoms with van der Waals surface area (Å²) in [5, 5.41) is 12.7. The average Bonchev–Trinajstić information content (AvgIpc) is 2.47. The van der Waals surface area contributed by atoms with E-state index >= 15 is 0 Å². The highest BCUT2D eigenvalue weighted by Crippen LogP contribution is 2.28. The number of alkyl halides is 3. The average molecular weight is 347 g/mol. The van der Waals surface area contributed by atoms with Crippen molar-refractivity contribution in [3.8, 4) is 0 Å². The predicted molar refractivity (Wildman–Crippen MR) is 77.1 cm³/mol. The number of carbonyl (C=O) groups excluding carboxylic acids is 1. The Hall–Kier alpha value is -2.49. The molecule has 7 nitrogen and oxygen atoms in total. The third kappa shape index (κ3) is 5.01. The standard InChI is InChI=1S/C14H16F3N3O4/c1-7(2)12(21)20-19-11(13(22)23)8-4-5-10(14(15,16)17)18-9(8)6-24-3/h4-5,7H,6H2,1-3H3,(H,20,21)(H,22,23). The molecule has 0 saturated heterocycles. The van der Waals surface area contributed by atoms with Gasteiger partial charge in [-0.1, -0.05) is 13.8 Å². The fourth-order valence-corrected chi connectivity index (χ4v) is 1.58. The molecule has 0 aliphatic carbocycles. The summed E-state index contributed by atoms with van der Waals surface area (Å²) in [7, 11) is 1.23. The highest BCUT2D eigenvalue weighted by atomic mass is 19.4. The van der Waals surface area contributed by atoms with E-state index in [1.165, 1.54) is 7.11 Å². The Labute approximate surface area is 135 Å². The quantitative estimate of drug-likeness (QED) is 0.604. The van der Waals surface area contributed by atoms with E-state index in [0.717, 1.165) is 6.07 Å². The maximum Gasteiger partial charge on any atom is 0.433 e. The molecular weight excluding hydrogens is 331 g/mol. The molecule has 0 atom stereocenters. The number of pyridine rings is 1. The van der Waals surface area contributed by atoms with Gasteiger partial charge in [-0.05, 0) is 12.1 Å². The number of rotatable bonds is 6. The molecule has 0 aliphatic heterocycles. The molecule has 0 aliphatic rings. The van der Waals surface area contributed by atoms with Gasteiger partial charge in [0.05, 0.1) is 12.3 Å². The van der Waals surface area contributed by atoms with Gasteiger partial charge in [0.2, 0.25) is 5.91 Å². The van der Waals surface area contributed by atoms with Gasteiger partial charge in [0, 0.05) is 18.6 Å². The summed E-state index contributed by atoms with van der Waals surface area (Å²) in [5.74, 6) is -2.52. The lowest BCUT2D eigenvalue weighted by atomic mass is 10.1. The molecule has 0 fully saturated rings. The lowest BCUT2D eigenvalue weighted by Gasteiger charge is -2.12. The van der Waals surface area contributed by atoms with E-state index in [2.05, 4.69) is 15.5 Å². The molecule has 2 N–H and O–H groups in total. The number of ether oxygens (including phenoxy) is 1. The Morgan fingerprint density at radius 3 is 2.46 bits per heavy atom. The molecule has 0 bridgehead atoms. The van der Waals surface area contributed by atoms with Crippen LogP contribution >= 0.6 is 0 Å². The highest BCUT2D eigenvalue weighted by Gasteiger charge is 2.33. The smallest absolute Gasteiger partial charge is 0.433 e. The number of hydrogen-bond acceptors (Lipinski definition) is 5. The number of nitrogens with zero attached hydrogens (tertiary/aromatic N) is 2. The number of amides is 1. The van der Waals surface area contributed by atoms with Crippen molar-refractivity contribution in [2.24, 2.45) is 11.0 Å². The number of hydrogen-bond donors (Lipinski definition) is 2. The number of carboxylic acids is 1. The number of carbonyl (C=O) groups is 2. The molecule has 0 saturated carbocycles.